The fourth-order valence-electron chi connectivity index (χ4n) is 4.81. The lowest BCUT2D eigenvalue weighted by atomic mass is 9.89. The first-order chi connectivity index (χ1) is 13.7. The Bertz CT molecular complexity index is 756. The van der Waals surface area contributed by atoms with Gasteiger partial charge in [-0.05, 0) is 49.5 Å². The van der Waals surface area contributed by atoms with E-state index in [-0.39, 0.29) is 5.92 Å². The molecule has 1 amide bonds. The zero-order valence-corrected chi connectivity index (χ0v) is 16.5. The first-order valence-electron chi connectivity index (χ1n) is 10.5. The third-order valence-electron chi connectivity index (χ3n) is 6.47. The van der Waals surface area contributed by atoms with Crippen molar-refractivity contribution in [2.45, 2.75) is 25.3 Å². The van der Waals surface area contributed by atoms with Crippen LogP contribution in [0, 0.1) is 11.8 Å². The van der Waals surface area contributed by atoms with Gasteiger partial charge >= 0.3 is 0 Å². The second-order valence-electron chi connectivity index (χ2n) is 8.29. The van der Waals surface area contributed by atoms with Gasteiger partial charge in [0.25, 0.3) is 0 Å². The Morgan fingerprint density at radius 3 is 2.21 bits per heavy atom. The van der Waals surface area contributed by atoms with Crippen molar-refractivity contribution in [3.05, 3.63) is 71.8 Å². The highest BCUT2D eigenvalue weighted by Gasteiger charge is 2.38. The van der Waals surface area contributed by atoms with Gasteiger partial charge < -0.3 is 10.6 Å². The van der Waals surface area contributed by atoms with Gasteiger partial charge in [0.2, 0.25) is 5.91 Å². The van der Waals surface area contributed by atoms with E-state index < -0.39 is 0 Å². The van der Waals surface area contributed by atoms with Gasteiger partial charge in [0, 0.05) is 31.5 Å². The predicted molar refractivity (Wildman–Crippen MR) is 113 cm³/mol. The summed E-state index contributed by atoms with van der Waals surface area (Å²) in [5.74, 6) is 1.24. The number of carbonyl (C=O) groups excluding carboxylic acids is 1. The third-order valence-corrected chi connectivity index (χ3v) is 6.47. The summed E-state index contributed by atoms with van der Waals surface area (Å²) in [5, 5.41) is 0. The Morgan fingerprint density at radius 2 is 1.57 bits per heavy atom. The minimum absolute atomic E-state index is 0.167. The van der Waals surface area contributed by atoms with Gasteiger partial charge in [0.05, 0.1) is 0 Å². The summed E-state index contributed by atoms with van der Waals surface area (Å²) >= 11 is 0. The van der Waals surface area contributed by atoms with Gasteiger partial charge in [-0.1, -0.05) is 60.7 Å². The van der Waals surface area contributed by atoms with Gasteiger partial charge in [0.15, 0.2) is 0 Å². The van der Waals surface area contributed by atoms with Crippen molar-refractivity contribution in [1.82, 2.24) is 9.80 Å². The van der Waals surface area contributed by atoms with Gasteiger partial charge in [0.1, 0.15) is 0 Å². The van der Waals surface area contributed by atoms with Crippen LogP contribution in [0.4, 0.5) is 0 Å². The van der Waals surface area contributed by atoms with Crippen LogP contribution in [0.15, 0.2) is 60.7 Å². The van der Waals surface area contributed by atoms with Crippen molar-refractivity contribution < 1.29 is 4.79 Å². The van der Waals surface area contributed by atoms with Crippen LogP contribution in [-0.4, -0.2) is 48.4 Å². The molecule has 0 unspecified atom stereocenters. The smallest absolute Gasteiger partial charge is 0.225 e. The van der Waals surface area contributed by atoms with Crippen LogP contribution in [0.25, 0.3) is 0 Å². The van der Waals surface area contributed by atoms with E-state index in [2.05, 4.69) is 64.4 Å². The molecule has 0 saturated carbocycles. The Balaban J connectivity index is 1.33. The van der Waals surface area contributed by atoms with E-state index in [1.165, 1.54) is 11.1 Å². The average molecular weight is 378 g/mol. The number of rotatable bonds is 5. The quantitative estimate of drug-likeness (QED) is 0.871. The van der Waals surface area contributed by atoms with E-state index in [9.17, 15) is 4.79 Å². The molecule has 0 bridgehead atoms. The van der Waals surface area contributed by atoms with E-state index >= 15 is 0 Å². The summed E-state index contributed by atoms with van der Waals surface area (Å²) < 4.78 is 0. The first kappa shape index (κ1) is 19.2. The zero-order chi connectivity index (χ0) is 19.3. The highest BCUT2D eigenvalue weighted by atomic mass is 16.2. The number of likely N-dealkylation sites (tertiary alicyclic amines) is 2. The molecule has 2 saturated heterocycles. The van der Waals surface area contributed by atoms with Gasteiger partial charge in [-0.2, -0.15) is 0 Å². The maximum Gasteiger partial charge on any atom is 0.225 e. The standard InChI is InChI=1S/C24H31N3O/c25-15-22-17-27(18-23(22)20-9-5-2-6-10-20)24(28)21-11-13-26(14-12-21)16-19-7-3-1-4-8-19/h1-10,21-23H,11-18,25H2/t22-,23+/m1/s1. The topological polar surface area (TPSA) is 49.6 Å². The van der Waals surface area contributed by atoms with Crippen LogP contribution in [-0.2, 0) is 11.3 Å². The summed E-state index contributed by atoms with van der Waals surface area (Å²) in [4.78, 5) is 17.7. The molecular weight excluding hydrogens is 346 g/mol. The second kappa shape index (κ2) is 8.89. The van der Waals surface area contributed by atoms with E-state index in [1.54, 1.807) is 0 Å². The lowest BCUT2D eigenvalue weighted by Gasteiger charge is -2.33. The highest BCUT2D eigenvalue weighted by molar-refractivity contribution is 5.79. The molecule has 0 spiro atoms. The molecule has 2 aromatic carbocycles. The fourth-order valence-corrected chi connectivity index (χ4v) is 4.81. The van der Waals surface area contributed by atoms with Crippen LogP contribution < -0.4 is 5.73 Å². The van der Waals surface area contributed by atoms with Gasteiger partial charge in [-0.3, -0.25) is 9.69 Å². The minimum Gasteiger partial charge on any atom is -0.341 e. The number of piperidine rings is 1. The van der Waals surface area contributed by atoms with E-state index in [0.717, 1.165) is 45.6 Å². The Kier molecular flexibility index (Phi) is 6.08. The molecule has 2 aliphatic heterocycles. The molecule has 2 atom stereocenters. The lowest BCUT2D eigenvalue weighted by Crippen LogP contribution is -2.41. The fraction of sp³-hybridized carbons (Fsp3) is 0.458. The van der Waals surface area contributed by atoms with Gasteiger partial charge in [-0.25, -0.2) is 0 Å². The number of carbonyl (C=O) groups is 1. The molecule has 0 aromatic heterocycles. The Labute approximate surface area is 168 Å². The summed E-state index contributed by atoms with van der Waals surface area (Å²) in [6, 6.07) is 21.1. The van der Waals surface area contributed by atoms with Crippen molar-refractivity contribution in [3.63, 3.8) is 0 Å². The SMILES string of the molecule is NC[C@@H]1CN(C(=O)C2CCN(Cc3ccccc3)CC2)C[C@H]1c1ccccc1. The van der Waals surface area contributed by atoms with Crippen molar-refractivity contribution in [1.29, 1.82) is 0 Å². The number of benzene rings is 2. The number of amides is 1. The molecule has 2 heterocycles. The third kappa shape index (κ3) is 4.29. The van der Waals surface area contributed by atoms with Crippen molar-refractivity contribution in [2.75, 3.05) is 32.7 Å². The number of nitrogens with zero attached hydrogens (tertiary/aromatic N) is 2. The van der Waals surface area contributed by atoms with Crippen LogP contribution >= 0.6 is 0 Å². The minimum atomic E-state index is 0.167. The van der Waals surface area contributed by atoms with Crippen molar-refractivity contribution >= 4 is 5.91 Å². The van der Waals surface area contributed by atoms with Crippen LogP contribution in [0.5, 0.6) is 0 Å². The lowest BCUT2D eigenvalue weighted by molar-refractivity contribution is -0.136. The van der Waals surface area contributed by atoms with Crippen molar-refractivity contribution in [3.8, 4) is 0 Å². The normalized spacial score (nSPS) is 23.8. The summed E-state index contributed by atoms with van der Waals surface area (Å²) in [6.45, 7) is 5.24. The maximum atomic E-state index is 13.2. The number of hydrogen-bond acceptors (Lipinski definition) is 3. The number of nitrogens with two attached hydrogens (primary N) is 1. The predicted octanol–water partition coefficient (Wildman–Crippen LogP) is 3.10. The first-order valence-corrected chi connectivity index (χ1v) is 10.5. The van der Waals surface area contributed by atoms with Crippen LogP contribution in [0.3, 0.4) is 0 Å². The Hall–Kier alpha value is -2.17. The van der Waals surface area contributed by atoms with Crippen LogP contribution in [0.1, 0.15) is 29.9 Å². The van der Waals surface area contributed by atoms with E-state index in [0.29, 0.717) is 24.3 Å². The molecule has 4 nitrogen and oxygen atoms in total. The molecule has 0 aliphatic carbocycles. The molecule has 2 N–H and O–H groups in total. The molecule has 148 valence electrons. The summed E-state index contributed by atoms with van der Waals surface area (Å²) in [5.41, 5.74) is 8.71. The van der Waals surface area contributed by atoms with Crippen LogP contribution in [0.2, 0.25) is 0 Å². The molecule has 4 heteroatoms. The molecule has 28 heavy (non-hydrogen) atoms. The highest BCUT2D eigenvalue weighted by Crippen LogP contribution is 2.34. The molecule has 4 rings (SSSR count). The van der Waals surface area contributed by atoms with E-state index in [1.807, 2.05) is 6.07 Å². The number of hydrogen-bond donors (Lipinski definition) is 1. The molecular formula is C24H31N3O. The monoisotopic (exact) mass is 377 g/mol. The molecule has 2 fully saturated rings. The Morgan fingerprint density at radius 1 is 0.929 bits per heavy atom. The summed E-state index contributed by atoms with van der Waals surface area (Å²) in [6.07, 6.45) is 1.93. The zero-order valence-electron chi connectivity index (χ0n) is 16.5. The second-order valence-corrected chi connectivity index (χ2v) is 8.29. The van der Waals surface area contributed by atoms with Gasteiger partial charge in [-0.15, -0.1) is 0 Å². The average Bonchev–Trinajstić information content (AvgIpc) is 3.20. The molecule has 2 aromatic rings. The maximum absolute atomic E-state index is 13.2. The van der Waals surface area contributed by atoms with Crippen molar-refractivity contribution in [2.24, 2.45) is 17.6 Å². The van der Waals surface area contributed by atoms with E-state index in [4.69, 9.17) is 5.73 Å². The molecule has 2 aliphatic rings. The molecule has 0 radical (unpaired) electrons. The summed E-state index contributed by atoms with van der Waals surface area (Å²) in [7, 11) is 0. The largest absolute Gasteiger partial charge is 0.341 e.